The molecule has 0 unspecified atom stereocenters. The molecule has 0 spiro atoms. The van der Waals surface area contributed by atoms with Crippen molar-refractivity contribution in [2.24, 2.45) is 0 Å². The van der Waals surface area contributed by atoms with Crippen molar-refractivity contribution in [2.75, 3.05) is 36.8 Å². The van der Waals surface area contributed by atoms with Crippen LogP contribution < -0.4 is 10.6 Å². The smallest absolute Gasteiger partial charge is 0.272 e. The van der Waals surface area contributed by atoms with Crippen LogP contribution in [0.2, 0.25) is 0 Å². The molecule has 0 saturated carbocycles. The average molecular weight is 382 g/mol. The maximum absolute atomic E-state index is 12.8. The fraction of sp³-hybridized carbons (Fsp3) is 0.316. The van der Waals surface area contributed by atoms with Crippen LogP contribution in [0.15, 0.2) is 30.3 Å². The maximum Gasteiger partial charge on any atom is 0.272 e. The number of nitrogens with one attached hydrogen (secondary N) is 2. The molecule has 0 aliphatic carbocycles. The summed E-state index contributed by atoms with van der Waals surface area (Å²) in [4.78, 5) is 46.7. The molecule has 9 nitrogen and oxygen atoms in total. The molecule has 0 radical (unpaired) electrons. The number of anilines is 3. The molecule has 0 atom stereocenters. The molecule has 9 heteroatoms. The average Bonchev–Trinajstić information content (AvgIpc) is 2.68. The van der Waals surface area contributed by atoms with Gasteiger partial charge >= 0.3 is 0 Å². The number of hydrogen-bond acceptors (Lipinski definition) is 6. The van der Waals surface area contributed by atoms with Crippen molar-refractivity contribution in [3.8, 4) is 0 Å². The Morgan fingerprint density at radius 1 is 1.04 bits per heavy atom. The van der Waals surface area contributed by atoms with Crippen LogP contribution in [0.25, 0.3) is 0 Å². The summed E-state index contributed by atoms with van der Waals surface area (Å²) < 4.78 is 0. The molecule has 1 fully saturated rings. The number of piperazine rings is 1. The Morgan fingerprint density at radius 2 is 1.68 bits per heavy atom. The van der Waals surface area contributed by atoms with E-state index in [4.69, 9.17) is 0 Å². The van der Waals surface area contributed by atoms with Gasteiger partial charge in [0.05, 0.1) is 0 Å². The summed E-state index contributed by atoms with van der Waals surface area (Å²) in [6, 6.07) is 8.75. The van der Waals surface area contributed by atoms with Gasteiger partial charge in [0.1, 0.15) is 5.69 Å². The van der Waals surface area contributed by atoms with E-state index < -0.39 is 0 Å². The lowest BCUT2D eigenvalue weighted by atomic mass is 10.2. The van der Waals surface area contributed by atoms with Crippen LogP contribution in [0.3, 0.4) is 0 Å². The van der Waals surface area contributed by atoms with Crippen LogP contribution in [0, 0.1) is 6.92 Å². The van der Waals surface area contributed by atoms with Crippen molar-refractivity contribution in [1.82, 2.24) is 19.8 Å². The Kier molecular flexibility index (Phi) is 5.83. The first kappa shape index (κ1) is 19.3. The third-order valence-corrected chi connectivity index (χ3v) is 4.29. The number of carbonyl (C=O) groups excluding carboxylic acids is 3. The highest BCUT2D eigenvalue weighted by atomic mass is 16.2. The lowest BCUT2D eigenvalue weighted by molar-refractivity contribution is -0.119. The molecule has 1 aliphatic rings. The topological polar surface area (TPSA) is 108 Å². The van der Waals surface area contributed by atoms with Crippen LogP contribution in [-0.4, -0.2) is 64.2 Å². The lowest BCUT2D eigenvalue weighted by Gasteiger charge is -2.32. The SMILES string of the molecule is CC(=O)Nc1ccc(Nc2nc(C)cc(C(=O)N3CCN(C=O)CC3)n2)cc1. The monoisotopic (exact) mass is 382 g/mol. The zero-order valence-corrected chi connectivity index (χ0v) is 15.8. The highest BCUT2D eigenvalue weighted by molar-refractivity contribution is 5.93. The molecule has 1 saturated heterocycles. The zero-order chi connectivity index (χ0) is 20.1. The molecule has 2 N–H and O–H groups in total. The van der Waals surface area contributed by atoms with Crippen LogP contribution >= 0.6 is 0 Å². The maximum atomic E-state index is 12.8. The van der Waals surface area contributed by atoms with Gasteiger partial charge in [0.2, 0.25) is 18.3 Å². The van der Waals surface area contributed by atoms with Crippen molar-refractivity contribution in [1.29, 1.82) is 0 Å². The van der Waals surface area contributed by atoms with Gasteiger partial charge in [-0.3, -0.25) is 14.4 Å². The van der Waals surface area contributed by atoms with E-state index >= 15 is 0 Å². The fourth-order valence-corrected chi connectivity index (χ4v) is 2.90. The quantitative estimate of drug-likeness (QED) is 0.757. The van der Waals surface area contributed by atoms with Crippen molar-refractivity contribution in [3.05, 3.63) is 41.7 Å². The minimum absolute atomic E-state index is 0.139. The molecule has 3 amide bonds. The molecular weight excluding hydrogens is 360 g/mol. The predicted molar refractivity (Wildman–Crippen MR) is 104 cm³/mol. The third-order valence-electron chi connectivity index (χ3n) is 4.29. The lowest BCUT2D eigenvalue weighted by Crippen LogP contribution is -2.48. The molecule has 2 aromatic rings. The molecule has 2 heterocycles. The van der Waals surface area contributed by atoms with E-state index in [2.05, 4.69) is 20.6 Å². The van der Waals surface area contributed by atoms with Gasteiger partial charge in [-0.05, 0) is 37.3 Å². The summed E-state index contributed by atoms with van der Waals surface area (Å²) in [6.45, 7) is 5.25. The fourth-order valence-electron chi connectivity index (χ4n) is 2.90. The van der Waals surface area contributed by atoms with Gasteiger partial charge < -0.3 is 20.4 Å². The minimum atomic E-state index is -0.180. The van der Waals surface area contributed by atoms with Gasteiger partial charge in [-0.15, -0.1) is 0 Å². The standard InChI is InChI=1S/C19H22N6O3/c1-13-11-17(18(28)25-9-7-24(12-26)8-10-25)23-19(20-13)22-16-5-3-15(4-6-16)21-14(2)27/h3-6,11-12H,7-10H2,1-2H3,(H,21,27)(H,20,22,23). The molecule has 3 rings (SSSR count). The second-order valence-corrected chi connectivity index (χ2v) is 6.54. The van der Waals surface area contributed by atoms with E-state index in [1.165, 1.54) is 6.92 Å². The van der Waals surface area contributed by atoms with Crippen molar-refractivity contribution in [2.45, 2.75) is 13.8 Å². The second kappa shape index (κ2) is 8.47. The number of nitrogens with zero attached hydrogens (tertiary/aromatic N) is 4. The molecule has 1 aliphatic heterocycles. The number of amides is 3. The Balaban J connectivity index is 1.71. The van der Waals surface area contributed by atoms with Crippen molar-refractivity contribution < 1.29 is 14.4 Å². The van der Waals surface area contributed by atoms with Gasteiger partial charge in [-0.1, -0.05) is 0 Å². The Morgan fingerprint density at radius 3 is 2.29 bits per heavy atom. The van der Waals surface area contributed by atoms with E-state index in [0.29, 0.717) is 49.2 Å². The molecule has 0 bridgehead atoms. The first-order valence-corrected chi connectivity index (χ1v) is 8.93. The summed E-state index contributed by atoms with van der Waals surface area (Å²) in [7, 11) is 0. The van der Waals surface area contributed by atoms with Crippen molar-refractivity contribution in [3.63, 3.8) is 0 Å². The summed E-state index contributed by atoms with van der Waals surface area (Å²) in [6.07, 6.45) is 0.801. The largest absolute Gasteiger partial charge is 0.342 e. The zero-order valence-electron chi connectivity index (χ0n) is 15.8. The number of hydrogen-bond donors (Lipinski definition) is 2. The normalized spacial score (nSPS) is 13.8. The molecule has 146 valence electrons. The van der Waals surface area contributed by atoms with E-state index in [9.17, 15) is 14.4 Å². The molecular formula is C19H22N6O3. The molecule has 1 aromatic heterocycles. The van der Waals surface area contributed by atoms with Crippen LogP contribution in [0.4, 0.5) is 17.3 Å². The van der Waals surface area contributed by atoms with Gasteiger partial charge in [-0.2, -0.15) is 0 Å². The van der Waals surface area contributed by atoms with Gasteiger partial charge in [0.25, 0.3) is 5.91 Å². The minimum Gasteiger partial charge on any atom is -0.342 e. The number of aryl methyl sites for hydroxylation is 1. The van der Waals surface area contributed by atoms with E-state index in [-0.39, 0.29) is 11.8 Å². The Bertz CT molecular complexity index is 876. The Hall–Kier alpha value is -3.49. The second-order valence-electron chi connectivity index (χ2n) is 6.54. The van der Waals surface area contributed by atoms with Crippen LogP contribution in [0.5, 0.6) is 0 Å². The molecule has 28 heavy (non-hydrogen) atoms. The van der Waals surface area contributed by atoms with E-state index in [1.54, 1.807) is 47.1 Å². The highest BCUT2D eigenvalue weighted by Crippen LogP contribution is 2.18. The van der Waals surface area contributed by atoms with Gasteiger partial charge in [0, 0.05) is 50.2 Å². The summed E-state index contributed by atoms with van der Waals surface area (Å²) in [5.41, 5.74) is 2.40. The number of benzene rings is 1. The first-order valence-electron chi connectivity index (χ1n) is 8.93. The third kappa shape index (κ3) is 4.81. The van der Waals surface area contributed by atoms with Gasteiger partial charge in [0.15, 0.2) is 0 Å². The number of aromatic nitrogens is 2. The van der Waals surface area contributed by atoms with Crippen LogP contribution in [-0.2, 0) is 9.59 Å². The number of carbonyl (C=O) groups is 3. The predicted octanol–water partition coefficient (Wildman–Crippen LogP) is 1.40. The van der Waals surface area contributed by atoms with Gasteiger partial charge in [-0.25, -0.2) is 9.97 Å². The summed E-state index contributed by atoms with van der Waals surface area (Å²) in [5, 5.41) is 5.78. The van der Waals surface area contributed by atoms with E-state index in [1.807, 2.05) is 0 Å². The first-order chi connectivity index (χ1) is 13.4. The summed E-state index contributed by atoms with van der Waals surface area (Å²) in [5.74, 6) is 0.00196. The Labute approximate surface area is 162 Å². The summed E-state index contributed by atoms with van der Waals surface area (Å²) >= 11 is 0. The number of rotatable bonds is 5. The van der Waals surface area contributed by atoms with Crippen LogP contribution in [0.1, 0.15) is 23.1 Å². The van der Waals surface area contributed by atoms with E-state index in [0.717, 1.165) is 12.1 Å². The van der Waals surface area contributed by atoms with Crippen molar-refractivity contribution >= 4 is 35.5 Å². The highest BCUT2D eigenvalue weighted by Gasteiger charge is 2.23. The molecule has 1 aromatic carbocycles.